The van der Waals surface area contributed by atoms with Crippen LogP contribution in [-0.2, 0) is 11.3 Å². The van der Waals surface area contributed by atoms with Crippen LogP contribution >= 0.6 is 23.4 Å². The quantitative estimate of drug-likeness (QED) is 0.379. The largest absolute Gasteiger partial charge is 0.459 e. The van der Waals surface area contributed by atoms with Gasteiger partial charge in [0.1, 0.15) is 11.5 Å². The number of hydrogen-bond donors (Lipinski definition) is 0. The van der Waals surface area contributed by atoms with Crippen LogP contribution in [0.2, 0.25) is 5.02 Å². The van der Waals surface area contributed by atoms with Crippen molar-refractivity contribution in [2.75, 3.05) is 12.8 Å². The number of halogens is 1. The summed E-state index contributed by atoms with van der Waals surface area (Å²) in [6.07, 6.45) is 0. The molecule has 0 saturated heterocycles. The van der Waals surface area contributed by atoms with E-state index in [4.69, 9.17) is 16.0 Å². The number of rotatable bonds is 7. The lowest BCUT2D eigenvalue weighted by Crippen LogP contribution is -2.27. The number of nitrogens with zero attached hydrogens (tertiary/aromatic N) is 5. The summed E-state index contributed by atoms with van der Waals surface area (Å²) in [5, 5.41) is 13.0. The van der Waals surface area contributed by atoms with Crippen LogP contribution in [0.15, 0.2) is 70.2 Å². The molecule has 0 bridgehead atoms. The Morgan fingerprint density at radius 1 is 1.10 bits per heavy atom. The lowest BCUT2D eigenvalue weighted by molar-refractivity contribution is -0.127. The third-order valence-electron chi connectivity index (χ3n) is 4.65. The van der Waals surface area contributed by atoms with Crippen LogP contribution in [0.3, 0.4) is 0 Å². The molecule has 2 aromatic heterocycles. The maximum atomic E-state index is 12.6. The summed E-state index contributed by atoms with van der Waals surface area (Å²) < 4.78 is 7.51. The summed E-state index contributed by atoms with van der Waals surface area (Å²) in [5.74, 6) is 1.61. The van der Waals surface area contributed by atoms with E-state index in [1.54, 1.807) is 16.6 Å². The Morgan fingerprint density at radius 3 is 2.58 bits per heavy atom. The van der Waals surface area contributed by atoms with E-state index in [0.717, 1.165) is 22.6 Å². The molecule has 0 aliphatic carbocycles. The maximum absolute atomic E-state index is 12.6. The van der Waals surface area contributed by atoms with Crippen LogP contribution in [-0.4, -0.2) is 43.8 Å². The minimum Gasteiger partial charge on any atom is -0.459 e. The number of thioether (sulfide) groups is 1. The first kappa shape index (κ1) is 21.1. The Bertz CT molecular complexity index is 1170. The fraction of sp³-hybridized carbons (Fsp3) is 0.182. The number of carbonyl (C=O) groups is 1. The number of hydrogen-bond acceptors (Lipinski definition) is 6. The topological polar surface area (TPSA) is 77.1 Å². The van der Waals surface area contributed by atoms with Gasteiger partial charge in [-0.15, -0.1) is 5.10 Å². The highest BCUT2D eigenvalue weighted by molar-refractivity contribution is 7.99. The Labute approximate surface area is 189 Å². The Morgan fingerprint density at radius 2 is 1.84 bits per heavy atom. The predicted octanol–water partition coefficient (Wildman–Crippen LogP) is 4.63. The lowest BCUT2D eigenvalue weighted by atomic mass is 10.2. The highest BCUT2D eigenvalue weighted by atomic mass is 35.5. The first-order chi connectivity index (χ1) is 15.0. The fourth-order valence-corrected chi connectivity index (χ4v) is 3.86. The van der Waals surface area contributed by atoms with Gasteiger partial charge < -0.3 is 9.32 Å². The normalized spacial score (nSPS) is 10.9. The van der Waals surface area contributed by atoms with Crippen molar-refractivity contribution in [3.8, 4) is 17.0 Å². The van der Waals surface area contributed by atoms with E-state index in [2.05, 4.69) is 15.5 Å². The van der Waals surface area contributed by atoms with E-state index < -0.39 is 0 Å². The van der Waals surface area contributed by atoms with Crippen LogP contribution in [0, 0.1) is 6.92 Å². The molecular weight excluding hydrogens is 434 g/mol. The number of furan rings is 1. The second kappa shape index (κ2) is 9.36. The van der Waals surface area contributed by atoms with Gasteiger partial charge in [-0.25, -0.2) is 0 Å². The first-order valence-corrected chi connectivity index (χ1v) is 10.9. The smallest absolute Gasteiger partial charge is 0.233 e. The van der Waals surface area contributed by atoms with Crippen molar-refractivity contribution >= 4 is 29.3 Å². The molecule has 0 aliphatic rings. The van der Waals surface area contributed by atoms with Crippen LogP contribution in [0.25, 0.3) is 17.0 Å². The van der Waals surface area contributed by atoms with Gasteiger partial charge in [0.05, 0.1) is 18.0 Å². The van der Waals surface area contributed by atoms with Crippen LogP contribution in [0.5, 0.6) is 0 Å². The summed E-state index contributed by atoms with van der Waals surface area (Å²) in [6.45, 7) is 2.39. The molecule has 7 nitrogen and oxygen atoms in total. The summed E-state index contributed by atoms with van der Waals surface area (Å²) >= 11 is 7.23. The van der Waals surface area contributed by atoms with Gasteiger partial charge >= 0.3 is 0 Å². The zero-order valence-corrected chi connectivity index (χ0v) is 18.6. The van der Waals surface area contributed by atoms with Gasteiger partial charge in [0.25, 0.3) is 0 Å². The van der Waals surface area contributed by atoms with E-state index >= 15 is 0 Å². The van der Waals surface area contributed by atoms with Crippen LogP contribution < -0.4 is 0 Å². The molecule has 0 fully saturated rings. The predicted molar refractivity (Wildman–Crippen MR) is 120 cm³/mol. The summed E-state index contributed by atoms with van der Waals surface area (Å²) in [5.41, 5.74) is 2.94. The zero-order valence-electron chi connectivity index (χ0n) is 17.0. The average molecular weight is 454 g/mol. The minimum atomic E-state index is -0.0482. The van der Waals surface area contributed by atoms with Gasteiger partial charge in [0, 0.05) is 17.6 Å². The van der Waals surface area contributed by atoms with Gasteiger partial charge in [-0.1, -0.05) is 41.1 Å². The van der Waals surface area contributed by atoms with Crippen LogP contribution in [0.4, 0.5) is 0 Å². The highest BCUT2D eigenvalue weighted by Gasteiger charge is 2.16. The summed E-state index contributed by atoms with van der Waals surface area (Å²) in [4.78, 5) is 14.2. The monoisotopic (exact) mass is 453 g/mol. The van der Waals surface area contributed by atoms with E-state index in [1.165, 1.54) is 11.8 Å². The molecule has 0 spiro atoms. The molecule has 0 aliphatic heterocycles. The maximum Gasteiger partial charge on any atom is 0.233 e. The molecule has 31 heavy (non-hydrogen) atoms. The number of tetrazole rings is 1. The minimum absolute atomic E-state index is 0.0482. The van der Waals surface area contributed by atoms with Crippen molar-refractivity contribution < 1.29 is 9.21 Å². The van der Waals surface area contributed by atoms with Crippen molar-refractivity contribution in [3.63, 3.8) is 0 Å². The first-order valence-electron chi connectivity index (χ1n) is 9.56. The molecule has 0 N–H and O–H groups in total. The third kappa shape index (κ3) is 5.15. The standard InChI is InChI=1S/C22H20ClN5O2S/c1-15-3-9-18(10-4-15)28-22(24-25-26-28)31-14-21(29)27(2)13-19-11-12-20(30-19)16-5-7-17(23)8-6-16/h3-12H,13-14H2,1-2H3. The van der Waals surface area contributed by atoms with Crippen molar-refractivity contribution in [1.82, 2.24) is 25.1 Å². The molecule has 0 saturated carbocycles. The molecule has 0 unspecified atom stereocenters. The lowest BCUT2D eigenvalue weighted by Gasteiger charge is -2.15. The van der Waals surface area contributed by atoms with Gasteiger partial charge in [-0.3, -0.25) is 4.79 Å². The molecule has 9 heteroatoms. The number of amides is 1. The second-order valence-electron chi connectivity index (χ2n) is 7.02. The molecule has 1 amide bonds. The van der Waals surface area contributed by atoms with Crippen molar-refractivity contribution in [2.24, 2.45) is 0 Å². The fourth-order valence-electron chi connectivity index (χ4n) is 2.91. The second-order valence-corrected chi connectivity index (χ2v) is 8.40. The molecule has 4 aromatic rings. The Hall–Kier alpha value is -3.10. The number of aromatic nitrogens is 4. The summed E-state index contributed by atoms with van der Waals surface area (Å²) in [6, 6.07) is 19.1. The van der Waals surface area contributed by atoms with Crippen molar-refractivity contribution in [1.29, 1.82) is 0 Å². The summed E-state index contributed by atoms with van der Waals surface area (Å²) in [7, 11) is 1.75. The van der Waals surface area contributed by atoms with E-state index in [-0.39, 0.29) is 11.7 Å². The molecule has 158 valence electrons. The SMILES string of the molecule is Cc1ccc(-n2nnnc2SCC(=O)N(C)Cc2ccc(-c3ccc(Cl)cc3)o2)cc1. The zero-order chi connectivity index (χ0) is 21.8. The number of benzene rings is 2. The Balaban J connectivity index is 1.35. The van der Waals surface area contributed by atoms with Gasteiger partial charge in [-0.2, -0.15) is 4.68 Å². The van der Waals surface area contributed by atoms with E-state index in [9.17, 15) is 4.79 Å². The van der Waals surface area contributed by atoms with Crippen molar-refractivity contribution in [2.45, 2.75) is 18.6 Å². The van der Waals surface area contributed by atoms with E-state index in [1.807, 2.05) is 67.6 Å². The molecule has 2 heterocycles. The molecular formula is C22H20ClN5O2S. The third-order valence-corrected chi connectivity index (χ3v) is 5.81. The van der Waals surface area contributed by atoms with Crippen LogP contribution in [0.1, 0.15) is 11.3 Å². The van der Waals surface area contributed by atoms with Gasteiger partial charge in [-0.05, 0) is 65.9 Å². The van der Waals surface area contributed by atoms with Gasteiger partial charge in [0.2, 0.25) is 11.1 Å². The Kier molecular flexibility index (Phi) is 6.39. The molecule has 4 rings (SSSR count). The number of aryl methyl sites for hydroxylation is 1. The molecule has 0 atom stereocenters. The average Bonchev–Trinajstić information content (AvgIpc) is 3.43. The van der Waals surface area contributed by atoms with E-state index in [0.29, 0.717) is 22.5 Å². The highest BCUT2D eigenvalue weighted by Crippen LogP contribution is 2.25. The molecule has 0 radical (unpaired) electrons. The molecule has 2 aromatic carbocycles. The van der Waals surface area contributed by atoms with Gasteiger partial charge in [0.15, 0.2) is 0 Å². The number of carbonyl (C=O) groups excluding carboxylic acids is 1. The van der Waals surface area contributed by atoms with Crippen molar-refractivity contribution in [3.05, 3.63) is 77.0 Å².